The fourth-order valence-corrected chi connectivity index (χ4v) is 2.11. The summed E-state index contributed by atoms with van der Waals surface area (Å²) < 4.78 is 43.1. The molecule has 0 aliphatic carbocycles. The monoisotopic (exact) mass is 379 g/mol. The van der Waals surface area contributed by atoms with Gasteiger partial charge in [0.05, 0.1) is 11.3 Å². The van der Waals surface area contributed by atoms with Gasteiger partial charge in [-0.15, -0.1) is 0 Å². The number of alkyl halides is 3. The normalized spacial score (nSPS) is 13.2. The summed E-state index contributed by atoms with van der Waals surface area (Å²) in [6, 6.07) is 11.7. The summed E-state index contributed by atoms with van der Waals surface area (Å²) in [4.78, 5) is 16.4. The number of nitrogens with zero attached hydrogens (tertiary/aromatic N) is 1. The van der Waals surface area contributed by atoms with Crippen LogP contribution in [0, 0.1) is 0 Å². The van der Waals surface area contributed by atoms with Crippen molar-refractivity contribution < 1.29 is 27.5 Å². The van der Waals surface area contributed by atoms with Crippen molar-refractivity contribution in [2.75, 3.05) is 0 Å². The molecule has 0 aliphatic heterocycles. The molecule has 0 aliphatic rings. The van der Waals surface area contributed by atoms with E-state index in [-0.39, 0.29) is 12.4 Å². The van der Waals surface area contributed by atoms with Crippen molar-refractivity contribution in [2.45, 2.75) is 39.7 Å². The number of Topliss-reactive ketones (excluding diaryl/α,β-unsaturated/α-hetero) is 1. The molecule has 27 heavy (non-hydrogen) atoms. The van der Waals surface area contributed by atoms with Gasteiger partial charge in [-0.3, -0.25) is 4.79 Å². The maximum absolute atomic E-state index is 12.5. The molecule has 0 saturated carbocycles. The van der Waals surface area contributed by atoms with E-state index in [4.69, 9.17) is 9.57 Å². The molecule has 0 fully saturated rings. The third-order valence-electron chi connectivity index (χ3n) is 3.87. The average Bonchev–Trinajstić information content (AvgIpc) is 2.61. The number of halogens is 3. The molecule has 144 valence electrons. The maximum atomic E-state index is 12.5. The number of benzene rings is 2. The number of oxime groups is 1. The molecule has 2 rings (SSSR count). The largest absolute Gasteiger partial charge is 0.483 e. The van der Waals surface area contributed by atoms with E-state index in [1.807, 2.05) is 0 Å². The molecule has 0 bridgehead atoms. The molecular weight excluding hydrogens is 359 g/mol. The predicted octanol–water partition coefficient (Wildman–Crippen LogP) is 5.00. The Hall–Kier alpha value is -2.83. The van der Waals surface area contributed by atoms with Crippen LogP contribution >= 0.6 is 0 Å². The van der Waals surface area contributed by atoms with Gasteiger partial charge in [0.25, 0.3) is 0 Å². The standard InChI is InChI=1S/C20H20F3NO3/c1-13(17-6-10-19(11-7-17)27-15(3)14(2)25)24-26-12-16-4-8-18(9-5-16)20(21,22)23/h4-11,15H,12H2,1-3H3. The van der Waals surface area contributed by atoms with Crippen LogP contribution in [0.2, 0.25) is 0 Å². The SMILES string of the molecule is CC(=O)C(C)Oc1ccc(C(C)=NOCc2ccc(C(F)(F)F)cc2)cc1. The first-order valence-corrected chi connectivity index (χ1v) is 8.27. The summed E-state index contributed by atoms with van der Waals surface area (Å²) in [7, 11) is 0. The first-order chi connectivity index (χ1) is 12.7. The van der Waals surface area contributed by atoms with Gasteiger partial charge >= 0.3 is 6.18 Å². The maximum Gasteiger partial charge on any atom is 0.416 e. The van der Waals surface area contributed by atoms with Gasteiger partial charge in [-0.1, -0.05) is 17.3 Å². The molecule has 1 atom stereocenters. The van der Waals surface area contributed by atoms with Crippen LogP contribution in [0.5, 0.6) is 5.75 Å². The fourth-order valence-electron chi connectivity index (χ4n) is 2.11. The van der Waals surface area contributed by atoms with Gasteiger partial charge in [0.15, 0.2) is 11.9 Å². The zero-order chi connectivity index (χ0) is 20.0. The lowest BCUT2D eigenvalue weighted by Gasteiger charge is -2.11. The third-order valence-corrected chi connectivity index (χ3v) is 3.87. The molecular formula is C20H20F3NO3. The van der Waals surface area contributed by atoms with E-state index in [1.54, 1.807) is 38.1 Å². The number of ether oxygens (including phenoxy) is 1. The lowest BCUT2D eigenvalue weighted by atomic mass is 10.1. The first kappa shape index (κ1) is 20.5. The first-order valence-electron chi connectivity index (χ1n) is 8.27. The molecule has 2 aromatic rings. The van der Waals surface area contributed by atoms with E-state index in [1.165, 1.54) is 19.1 Å². The highest BCUT2D eigenvalue weighted by Gasteiger charge is 2.29. The Bertz CT molecular complexity index is 797. The highest BCUT2D eigenvalue weighted by Crippen LogP contribution is 2.29. The number of rotatable bonds is 7. The third kappa shape index (κ3) is 6.13. The summed E-state index contributed by atoms with van der Waals surface area (Å²) in [6.45, 7) is 4.95. The van der Waals surface area contributed by atoms with Crippen molar-refractivity contribution in [3.8, 4) is 5.75 Å². The molecule has 0 spiro atoms. The molecule has 0 amide bonds. The van der Waals surface area contributed by atoms with Crippen LogP contribution < -0.4 is 4.74 Å². The summed E-state index contributed by atoms with van der Waals surface area (Å²) in [5, 5.41) is 3.98. The summed E-state index contributed by atoms with van der Waals surface area (Å²) in [5.41, 5.74) is 1.28. The molecule has 7 heteroatoms. The molecule has 0 N–H and O–H groups in total. The van der Waals surface area contributed by atoms with Crippen LogP contribution in [0.25, 0.3) is 0 Å². The van der Waals surface area contributed by atoms with E-state index in [0.29, 0.717) is 17.0 Å². The number of hydrogen-bond donors (Lipinski definition) is 0. The van der Waals surface area contributed by atoms with E-state index in [0.717, 1.165) is 17.7 Å². The Morgan fingerprint density at radius 2 is 1.63 bits per heavy atom. The second-order valence-corrected chi connectivity index (χ2v) is 6.04. The van der Waals surface area contributed by atoms with Gasteiger partial charge in [0, 0.05) is 0 Å². The van der Waals surface area contributed by atoms with Crippen LogP contribution in [0.3, 0.4) is 0 Å². The smallest absolute Gasteiger partial charge is 0.416 e. The second kappa shape index (κ2) is 8.70. The quantitative estimate of drug-likeness (QED) is 0.502. The zero-order valence-electron chi connectivity index (χ0n) is 15.2. The summed E-state index contributed by atoms with van der Waals surface area (Å²) in [5.74, 6) is 0.508. The van der Waals surface area contributed by atoms with Crippen LogP contribution in [0.15, 0.2) is 53.7 Å². The minimum Gasteiger partial charge on any atom is -0.483 e. The lowest BCUT2D eigenvalue weighted by Crippen LogP contribution is -2.20. The van der Waals surface area contributed by atoms with Crippen LogP contribution in [0.4, 0.5) is 13.2 Å². The van der Waals surface area contributed by atoms with Gasteiger partial charge < -0.3 is 9.57 Å². The Morgan fingerprint density at radius 3 is 2.15 bits per heavy atom. The van der Waals surface area contributed by atoms with Gasteiger partial charge in [-0.05, 0) is 68.3 Å². The van der Waals surface area contributed by atoms with Crippen LogP contribution in [-0.2, 0) is 22.4 Å². The zero-order valence-corrected chi connectivity index (χ0v) is 15.2. The van der Waals surface area contributed by atoms with E-state index >= 15 is 0 Å². The van der Waals surface area contributed by atoms with Crippen LogP contribution in [0.1, 0.15) is 37.5 Å². The number of hydrogen-bond acceptors (Lipinski definition) is 4. The Balaban J connectivity index is 1.92. The van der Waals surface area contributed by atoms with E-state index in [2.05, 4.69) is 5.16 Å². The summed E-state index contributed by atoms with van der Waals surface area (Å²) in [6.07, 6.45) is -4.87. The van der Waals surface area contributed by atoms with Crippen molar-refractivity contribution in [3.05, 3.63) is 65.2 Å². The van der Waals surface area contributed by atoms with Gasteiger partial charge in [0.1, 0.15) is 12.4 Å². The average molecular weight is 379 g/mol. The molecule has 1 unspecified atom stereocenters. The predicted molar refractivity (Wildman–Crippen MR) is 95.7 cm³/mol. The van der Waals surface area contributed by atoms with Crippen molar-refractivity contribution in [3.63, 3.8) is 0 Å². The van der Waals surface area contributed by atoms with Crippen molar-refractivity contribution in [1.82, 2.24) is 0 Å². The number of carbonyl (C=O) groups is 1. The minimum absolute atomic E-state index is 0.0616. The van der Waals surface area contributed by atoms with Crippen molar-refractivity contribution in [1.29, 1.82) is 0 Å². The van der Waals surface area contributed by atoms with Crippen molar-refractivity contribution in [2.24, 2.45) is 5.16 Å². The minimum atomic E-state index is -4.35. The van der Waals surface area contributed by atoms with Crippen molar-refractivity contribution >= 4 is 11.5 Å². The summed E-state index contributed by atoms with van der Waals surface area (Å²) >= 11 is 0. The lowest BCUT2D eigenvalue weighted by molar-refractivity contribution is -0.137. The molecule has 0 heterocycles. The molecule has 0 aromatic heterocycles. The highest BCUT2D eigenvalue weighted by molar-refractivity contribution is 5.98. The van der Waals surface area contributed by atoms with E-state index in [9.17, 15) is 18.0 Å². The topological polar surface area (TPSA) is 47.9 Å². The van der Waals surface area contributed by atoms with Gasteiger partial charge in [0.2, 0.25) is 0 Å². The number of carbonyl (C=O) groups excluding carboxylic acids is 1. The fraction of sp³-hybridized carbons (Fsp3) is 0.300. The second-order valence-electron chi connectivity index (χ2n) is 6.04. The molecule has 0 saturated heterocycles. The van der Waals surface area contributed by atoms with E-state index < -0.39 is 17.8 Å². The molecule has 0 radical (unpaired) electrons. The Morgan fingerprint density at radius 1 is 1.04 bits per heavy atom. The Kier molecular flexibility index (Phi) is 6.60. The van der Waals surface area contributed by atoms with Gasteiger partial charge in [-0.2, -0.15) is 13.2 Å². The molecule has 2 aromatic carbocycles. The highest BCUT2D eigenvalue weighted by atomic mass is 19.4. The molecule has 4 nitrogen and oxygen atoms in total. The number of ketones is 1. The Labute approximate surface area is 155 Å². The van der Waals surface area contributed by atoms with Crippen LogP contribution in [-0.4, -0.2) is 17.6 Å². The van der Waals surface area contributed by atoms with Gasteiger partial charge in [-0.25, -0.2) is 0 Å².